The highest BCUT2D eigenvalue weighted by molar-refractivity contribution is 5.82. The molecular weight excluding hydrogens is 332 g/mol. The van der Waals surface area contributed by atoms with E-state index in [-0.39, 0.29) is 18.6 Å². The van der Waals surface area contributed by atoms with Crippen LogP contribution < -0.4 is 14.8 Å². The molecule has 2 aromatic carbocycles. The Morgan fingerprint density at radius 2 is 1.96 bits per heavy atom. The average Bonchev–Trinajstić information content (AvgIpc) is 3.22. The van der Waals surface area contributed by atoms with Crippen LogP contribution in [0, 0.1) is 0 Å². The molecule has 1 amide bonds. The maximum absolute atomic E-state index is 12.5. The standard InChI is InChI=1S/C19H18N4O3/c1-13(14-6-8-15(9-7-14)23-12-20-11-21-23)22-19(24)18-10-25-16-4-2-3-5-17(16)26-18/h2-9,11-13,18H,10H2,1H3,(H,22,24)/t13-,18+/m1/s1. The minimum atomic E-state index is -0.665. The van der Waals surface area contributed by atoms with Crippen molar-refractivity contribution in [3.05, 3.63) is 66.7 Å². The molecule has 0 bridgehead atoms. The van der Waals surface area contributed by atoms with Gasteiger partial charge in [0.2, 0.25) is 6.10 Å². The van der Waals surface area contributed by atoms with Gasteiger partial charge in [-0.2, -0.15) is 5.10 Å². The van der Waals surface area contributed by atoms with E-state index in [1.807, 2.05) is 49.4 Å². The van der Waals surface area contributed by atoms with Crippen LogP contribution in [0.5, 0.6) is 11.5 Å². The third-order valence-corrected chi connectivity index (χ3v) is 4.24. The number of carbonyl (C=O) groups excluding carboxylic acids is 1. The Bertz CT molecular complexity index is 893. The summed E-state index contributed by atoms with van der Waals surface area (Å²) in [7, 11) is 0. The van der Waals surface area contributed by atoms with E-state index >= 15 is 0 Å². The van der Waals surface area contributed by atoms with Crippen LogP contribution in [0.3, 0.4) is 0 Å². The fraction of sp³-hybridized carbons (Fsp3) is 0.211. The molecule has 0 spiro atoms. The molecule has 26 heavy (non-hydrogen) atoms. The van der Waals surface area contributed by atoms with Crippen LogP contribution in [0.4, 0.5) is 0 Å². The summed E-state index contributed by atoms with van der Waals surface area (Å²) in [6.07, 6.45) is 2.46. The summed E-state index contributed by atoms with van der Waals surface area (Å²) in [4.78, 5) is 16.4. The summed E-state index contributed by atoms with van der Waals surface area (Å²) in [5.41, 5.74) is 1.89. The number of amides is 1. The first kappa shape index (κ1) is 16.1. The number of benzene rings is 2. The Labute approximate surface area is 150 Å². The van der Waals surface area contributed by atoms with E-state index in [1.54, 1.807) is 17.1 Å². The maximum atomic E-state index is 12.5. The molecule has 7 nitrogen and oxygen atoms in total. The van der Waals surface area contributed by atoms with Crippen LogP contribution in [0.2, 0.25) is 0 Å². The monoisotopic (exact) mass is 350 g/mol. The molecule has 132 valence electrons. The molecule has 2 heterocycles. The van der Waals surface area contributed by atoms with Gasteiger partial charge in [0.1, 0.15) is 19.3 Å². The van der Waals surface area contributed by atoms with Crippen molar-refractivity contribution < 1.29 is 14.3 Å². The van der Waals surface area contributed by atoms with Crippen molar-refractivity contribution >= 4 is 5.91 Å². The van der Waals surface area contributed by atoms with E-state index in [0.717, 1.165) is 11.3 Å². The second kappa shape index (κ2) is 6.87. The molecule has 0 saturated heterocycles. The van der Waals surface area contributed by atoms with Crippen molar-refractivity contribution in [2.24, 2.45) is 0 Å². The molecule has 0 unspecified atom stereocenters. The molecule has 1 aromatic heterocycles. The van der Waals surface area contributed by atoms with Gasteiger partial charge in [-0.15, -0.1) is 0 Å². The zero-order valence-electron chi connectivity index (χ0n) is 14.2. The van der Waals surface area contributed by atoms with Gasteiger partial charge in [0, 0.05) is 0 Å². The largest absolute Gasteiger partial charge is 0.485 e. The van der Waals surface area contributed by atoms with Crippen molar-refractivity contribution in [2.45, 2.75) is 19.1 Å². The first-order valence-electron chi connectivity index (χ1n) is 8.34. The summed E-state index contributed by atoms with van der Waals surface area (Å²) >= 11 is 0. The number of fused-ring (bicyclic) bond motifs is 1. The van der Waals surface area contributed by atoms with Crippen molar-refractivity contribution in [2.75, 3.05) is 6.61 Å². The van der Waals surface area contributed by atoms with E-state index in [2.05, 4.69) is 15.4 Å². The van der Waals surface area contributed by atoms with Gasteiger partial charge in [-0.25, -0.2) is 9.67 Å². The van der Waals surface area contributed by atoms with E-state index < -0.39 is 6.10 Å². The van der Waals surface area contributed by atoms with Crippen molar-refractivity contribution in [3.63, 3.8) is 0 Å². The first-order chi connectivity index (χ1) is 12.7. The van der Waals surface area contributed by atoms with Gasteiger partial charge in [-0.3, -0.25) is 4.79 Å². The van der Waals surface area contributed by atoms with E-state index in [9.17, 15) is 4.79 Å². The molecule has 1 N–H and O–H groups in total. The smallest absolute Gasteiger partial charge is 0.265 e. The minimum absolute atomic E-state index is 0.159. The quantitative estimate of drug-likeness (QED) is 0.781. The molecule has 1 aliphatic rings. The predicted octanol–water partition coefficient (Wildman–Crippen LogP) is 2.28. The lowest BCUT2D eigenvalue weighted by atomic mass is 10.1. The Balaban J connectivity index is 1.40. The molecular formula is C19H18N4O3. The van der Waals surface area contributed by atoms with Crippen molar-refractivity contribution in [3.8, 4) is 17.2 Å². The van der Waals surface area contributed by atoms with Crippen LogP contribution in [-0.4, -0.2) is 33.4 Å². The second-order valence-electron chi connectivity index (χ2n) is 6.03. The average molecular weight is 350 g/mol. The Morgan fingerprint density at radius 1 is 1.19 bits per heavy atom. The van der Waals surface area contributed by atoms with Gasteiger partial charge in [0.05, 0.1) is 11.7 Å². The number of nitrogens with zero attached hydrogens (tertiary/aromatic N) is 3. The summed E-state index contributed by atoms with van der Waals surface area (Å²) in [5.74, 6) is 1.05. The van der Waals surface area contributed by atoms with Crippen LogP contribution >= 0.6 is 0 Å². The SMILES string of the molecule is C[C@@H](NC(=O)[C@@H]1COc2ccccc2O1)c1ccc(-n2cncn2)cc1. The van der Waals surface area contributed by atoms with E-state index in [0.29, 0.717) is 11.5 Å². The van der Waals surface area contributed by atoms with Crippen LogP contribution in [0.25, 0.3) is 5.69 Å². The number of nitrogens with one attached hydrogen (secondary N) is 1. The lowest BCUT2D eigenvalue weighted by molar-refractivity contribution is -0.131. The predicted molar refractivity (Wildman–Crippen MR) is 94.3 cm³/mol. The lowest BCUT2D eigenvalue weighted by Crippen LogP contribution is -2.44. The van der Waals surface area contributed by atoms with Crippen LogP contribution in [-0.2, 0) is 4.79 Å². The number of aromatic nitrogens is 3. The maximum Gasteiger partial charge on any atom is 0.265 e. The zero-order chi connectivity index (χ0) is 17.9. The van der Waals surface area contributed by atoms with Crippen LogP contribution in [0.15, 0.2) is 61.2 Å². The highest BCUT2D eigenvalue weighted by atomic mass is 16.6. The third-order valence-electron chi connectivity index (χ3n) is 4.24. The third kappa shape index (κ3) is 3.23. The summed E-state index contributed by atoms with van der Waals surface area (Å²) in [5, 5.41) is 7.07. The number of ether oxygens (including phenoxy) is 2. The minimum Gasteiger partial charge on any atom is -0.485 e. The Hall–Kier alpha value is -3.35. The molecule has 0 saturated carbocycles. The molecule has 3 aromatic rings. The van der Waals surface area contributed by atoms with Gasteiger partial charge in [0.25, 0.3) is 5.91 Å². The molecule has 0 aliphatic carbocycles. The van der Waals surface area contributed by atoms with Gasteiger partial charge >= 0.3 is 0 Å². The molecule has 2 atom stereocenters. The topological polar surface area (TPSA) is 78.3 Å². The molecule has 7 heteroatoms. The van der Waals surface area contributed by atoms with E-state index in [4.69, 9.17) is 9.47 Å². The summed E-state index contributed by atoms with van der Waals surface area (Å²) in [6, 6.07) is 14.9. The molecule has 0 radical (unpaired) electrons. The Morgan fingerprint density at radius 3 is 2.69 bits per heavy atom. The Kier molecular flexibility index (Phi) is 4.27. The number of carbonyl (C=O) groups is 1. The van der Waals surface area contributed by atoms with Crippen LogP contribution in [0.1, 0.15) is 18.5 Å². The highest BCUT2D eigenvalue weighted by Crippen LogP contribution is 2.31. The summed E-state index contributed by atoms with van der Waals surface area (Å²) in [6.45, 7) is 2.13. The number of rotatable bonds is 4. The molecule has 0 fully saturated rings. The number of para-hydroxylation sites is 2. The van der Waals surface area contributed by atoms with Crippen molar-refractivity contribution in [1.29, 1.82) is 0 Å². The highest BCUT2D eigenvalue weighted by Gasteiger charge is 2.28. The van der Waals surface area contributed by atoms with Crippen molar-refractivity contribution in [1.82, 2.24) is 20.1 Å². The number of hydrogen-bond donors (Lipinski definition) is 1. The van der Waals surface area contributed by atoms with Gasteiger partial charge < -0.3 is 14.8 Å². The zero-order valence-corrected chi connectivity index (χ0v) is 14.2. The first-order valence-corrected chi connectivity index (χ1v) is 8.34. The van der Waals surface area contributed by atoms with E-state index in [1.165, 1.54) is 6.33 Å². The molecule has 4 rings (SSSR count). The molecule has 1 aliphatic heterocycles. The second-order valence-corrected chi connectivity index (χ2v) is 6.03. The normalized spacial score (nSPS) is 16.7. The summed E-state index contributed by atoms with van der Waals surface area (Å²) < 4.78 is 13.0. The number of hydrogen-bond acceptors (Lipinski definition) is 5. The van der Waals surface area contributed by atoms with Gasteiger partial charge in [-0.05, 0) is 36.8 Å². The van der Waals surface area contributed by atoms with Gasteiger partial charge in [-0.1, -0.05) is 24.3 Å². The lowest BCUT2D eigenvalue weighted by Gasteiger charge is -2.26. The van der Waals surface area contributed by atoms with Gasteiger partial charge in [0.15, 0.2) is 11.5 Å². The fourth-order valence-corrected chi connectivity index (χ4v) is 2.80. The fourth-order valence-electron chi connectivity index (χ4n) is 2.80.